The Hall–Kier alpha value is -14.8. The standard InChI is InChI=1S/C23H24N6O.C20H26N6O.3C19H24N6O/c1-15-11-20(27-28-23(15)25-17(3)18-7-5-4-6-8-18)19-9-10-22(21(13-30)26-19)29-12-16(2)24-14-29;1-12(2)15(5)22-20-13(3)8-17(24-25-20)16-6-7-19(18(10-27)23-16)26-9-14(4)21-11-26;3*1-5-13(3)21-19-12(2)8-16(23-24-19)15-6-7-18(17(10-26)22-15)25-9-14(4)20-11-25/h4-12,14,17,30H,13H2,1-3H3,(H,25,28);6-9,11-12,15,27H,10H2,1-5H3,(H,22,25);3*6-9,11,13,26H,5,10H2,1-4H3,(H,21,24)/t17-;15-;3*13-/m00000/s1. The lowest BCUT2D eigenvalue weighted by molar-refractivity contribution is 0.276. The molecule has 0 spiro atoms. The number of aliphatic hydroxyl groups is 5. The molecule has 702 valence electrons. The molecule has 35 nitrogen and oxygen atoms in total. The number of pyridine rings is 5. The van der Waals surface area contributed by atoms with E-state index in [0.717, 1.165) is 133 Å². The number of anilines is 5. The van der Waals surface area contributed by atoms with Gasteiger partial charge < -0.3 is 75.0 Å². The van der Waals surface area contributed by atoms with Crippen molar-refractivity contribution in [3.63, 3.8) is 0 Å². The van der Waals surface area contributed by atoms with Crippen LogP contribution < -0.4 is 26.6 Å². The van der Waals surface area contributed by atoms with E-state index in [9.17, 15) is 25.5 Å². The largest absolute Gasteiger partial charge is 0.390 e. The number of hydrogen-bond acceptors (Lipinski definition) is 30. The number of aromatic nitrogens is 25. The molecular weight excluding hydrogens is 1700 g/mol. The average Bonchev–Trinajstić information content (AvgIpc) is 1.81. The van der Waals surface area contributed by atoms with Crippen LogP contribution >= 0.6 is 0 Å². The maximum Gasteiger partial charge on any atom is 0.152 e. The quantitative estimate of drug-likeness (QED) is 0.0200. The fourth-order valence-electron chi connectivity index (χ4n) is 13.9. The van der Waals surface area contributed by atoms with E-state index in [4.69, 9.17) is 0 Å². The number of benzene rings is 1. The van der Waals surface area contributed by atoms with Crippen LogP contribution in [0.1, 0.15) is 185 Å². The second-order valence-electron chi connectivity index (χ2n) is 33.8. The molecule has 1 aromatic carbocycles. The first kappa shape index (κ1) is 99.2. The fraction of sp³-hybridized carbons (Fsp3) is 0.340. The smallest absolute Gasteiger partial charge is 0.152 e. The van der Waals surface area contributed by atoms with Gasteiger partial charge in [0, 0.05) is 55.2 Å². The number of imidazole rings is 5. The van der Waals surface area contributed by atoms with Crippen LogP contribution in [0.4, 0.5) is 29.1 Å². The molecule has 0 saturated heterocycles. The first-order valence-corrected chi connectivity index (χ1v) is 45.2. The Balaban J connectivity index is 0.000000152. The molecule has 16 rings (SSSR count). The Morgan fingerprint density at radius 1 is 0.267 bits per heavy atom. The summed E-state index contributed by atoms with van der Waals surface area (Å²) in [5.74, 6) is 4.39. The highest BCUT2D eigenvalue weighted by molar-refractivity contribution is 5.66. The molecule has 10 N–H and O–H groups in total. The molecule has 35 heteroatoms. The van der Waals surface area contributed by atoms with E-state index in [1.165, 1.54) is 5.56 Å². The zero-order chi connectivity index (χ0) is 96.7. The zero-order valence-electron chi connectivity index (χ0n) is 80.4. The van der Waals surface area contributed by atoms with Gasteiger partial charge in [-0.2, -0.15) is 0 Å². The van der Waals surface area contributed by atoms with E-state index in [1.54, 1.807) is 31.6 Å². The van der Waals surface area contributed by atoms with E-state index >= 15 is 0 Å². The molecule has 0 fully saturated rings. The summed E-state index contributed by atoms with van der Waals surface area (Å²) in [4.78, 5) is 44.1. The van der Waals surface area contributed by atoms with E-state index in [2.05, 4.69) is 209 Å². The third-order valence-corrected chi connectivity index (χ3v) is 22.7. The molecule has 135 heavy (non-hydrogen) atoms. The van der Waals surface area contributed by atoms with Gasteiger partial charge in [-0.1, -0.05) is 65.0 Å². The van der Waals surface area contributed by atoms with Gasteiger partial charge in [0.1, 0.15) is 28.5 Å². The van der Waals surface area contributed by atoms with E-state index in [0.29, 0.717) is 115 Å². The van der Waals surface area contributed by atoms with Crippen LogP contribution in [0.3, 0.4) is 0 Å². The molecule has 0 unspecified atom stereocenters. The number of hydrogen-bond donors (Lipinski definition) is 10. The molecule has 16 aromatic rings. The molecule has 0 radical (unpaired) electrons. The number of nitrogens with zero attached hydrogens (tertiary/aromatic N) is 25. The van der Waals surface area contributed by atoms with Crippen molar-refractivity contribution in [1.82, 2.24) is 124 Å². The molecule has 0 bridgehead atoms. The lowest BCUT2D eigenvalue weighted by atomic mass is 10.1. The van der Waals surface area contributed by atoms with Crippen molar-refractivity contribution >= 4 is 29.1 Å². The summed E-state index contributed by atoms with van der Waals surface area (Å²) in [6.45, 7) is 40.0. The summed E-state index contributed by atoms with van der Waals surface area (Å²) in [5.41, 5.74) is 24.3. The van der Waals surface area contributed by atoms with Gasteiger partial charge in [-0.3, -0.25) is 0 Å². The van der Waals surface area contributed by atoms with Gasteiger partial charge in [-0.15, -0.1) is 51.0 Å². The molecule has 0 aliphatic carbocycles. The third-order valence-electron chi connectivity index (χ3n) is 22.7. The van der Waals surface area contributed by atoms with Crippen molar-refractivity contribution in [3.8, 4) is 85.4 Å². The van der Waals surface area contributed by atoms with Gasteiger partial charge in [-0.25, -0.2) is 49.8 Å². The van der Waals surface area contributed by atoms with E-state index in [-0.39, 0.29) is 39.1 Å². The number of aryl methyl sites for hydroxylation is 10. The Bertz CT molecular complexity index is 6270. The minimum absolute atomic E-state index is 0.113. The lowest BCUT2D eigenvalue weighted by Crippen LogP contribution is -2.23. The Kier molecular flexibility index (Phi) is 34.2. The van der Waals surface area contributed by atoms with Gasteiger partial charge in [0.15, 0.2) is 29.1 Å². The highest BCUT2D eigenvalue weighted by Gasteiger charge is 2.22. The molecule has 0 aliphatic heterocycles. The van der Waals surface area contributed by atoms with E-state index in [1.807, 2.05) is 232 Å². The van der Waals surface area contributed by atoms with Crippen molar-refractivity contribution in [1.29, 1.82) is 0 Å². The second kappa shape index (κ2) is 46.5. The Morgan fingerprint density at radius 3 is 0.681 bits per heavy atom. The Labute approximate surface area is 787 Å². The molecule has 0 amide bonds. The minimum Gasteiger partial charge on any atom is -0.390 e. The maximum absolute atomic E-state index is 9.82. The SMILES string of the molecule is CC[C@H](C)Nc1nnc(-c2ccc(-n3cnc(C)c3)c(CO)n2)cc1C.CC[C@H](C)Nc1nnc(-c2ccc(-n3cnc(C)c3)c(CO)n2)cc1C.CC[C@H](C)Nc1nnc(-c2ccc(-n3cnc(C)c3)c(CO)n2)cc1C.Cc1cn(-c2ccc(-c3cc(C)c(N[C@@H](C)C(C)C)nn3)nc2CO)cn1.Cc1cn(-c2ccc(-c3cc(C)c(N[C@@H](C)c4ccccc4)nn3)nc2CO)cn1. The van der Waals surface area contributed by atoms with Crippen LogP contribution in [0.2, 0.25) is 0 Å². The normalized spacial score (nSPS) is 12.2. The fourth-order valence-corrected chi connectivity index (χ4v) is 13.9. The first-order chi connectivity index (χ1) is 65.0. The molecule has 15 heterocycles. The second-order valence-corrected chi connectivity index (χ2v) is 33.8. The zero-order valence-corrected chi connectivity index (χ0v) is 80.4. The average molecular weight is 1820 g/mol. The molecule has 0 saturated carbocycles. The summed E-state index contributed by atoms with van der Waals surface area (Å²) in [6.07, 6.45) is 21.1. The van der Waals surface area contributed by atoms with Gasteiger partial charge in [0.05, 0.1) is 185 Å². The summed E-state index contributed by atoms with van der Waals surface area (Å²) >= 11 is 0. The molecule has 0 aliphatic rings. The monoisotopic (exact) mass is 1820 g/mol. The van der Waals surface area contributed by atoms with Crippen LogP contribution in [0, 0.1) is 75.2 Å². The maximum atomic E-state index is 9.82. The lowest BCUT2D eigenvalue weighted by Gasteiger charge is -2.19. The van der Waals surface area contributed by atoms with E-state index < -0.39 is 0 Å². The van der Waals surface area contributed by atoms with Gasteiger partial charge >= 0.3 is 0 Å². The van der Waals surface area contributed by atoms with Crippen LogP contribution in [-0.4, -0.2) is 173 Å². The van der Waals surface area contributed by atoms with Crippen LogP contribution in [0.25, 0.3) is 85.4 Å². The number of aliphatic hydroxyl groups excluding tert-OH is 5. The first-order valence-electron chi connectivity index (χ1n) is 45.2. The highest BCUT2D eigenvalue weighted by Crippen LogP contribution is 2.32. The van der Waals surface area contributed by atoms with Crippen molar-refractivity contribution in [3.05, 3.63) is 274 Å². The van der Waals surface area contributed by atoms with Gasteiger partial charge in [0.25, 0.3) is 0 Å². The van der Waals surface area contributed by atoms with Gasteiger partial charge in [0.2, 0.25) is 0 Å². The predicted molar refractivity (Wildman–Crippen MR) is 525 cm³/mol. The molecule has 15 aromatic heterocycles. The summed E-state index contributed by atoms with van der Waals surface area (Å²) in [5, 5.41) is 109. The summed E-state index contributed by atoms with van der Waals surface area (Å²) < 4.78 is 9.27. The topological polar surface area (TPSA) is 444 Å². The predicted octanol–water partition coefficient (Wildman–Crippen LogP) is 16.4. The van der Waals surface area contributed by atoms with Crippen molar-refractivity contribution < 1.29 is 25.5 Å². The molecule has 5 atom stereocenters. The minimum atomic E-state index is -0.180. The Morgan fingerprint density at radius 2 is 0.489 bits per heavy atom. The van der Waals surface area contributed by atoms with Crippen molar-refractivity contribution in [2.75, 3.05) is 26.6 Å². The number of nitrogens with one attached hydrogen (secondary N) is 5. The summed E-state index contributed by atoms with van der Waals surface area (Å²) in [7, 11) is 0. The highest BCUT2D eigenvalue weighted by atomic mass is 16.3. The molecular formula is C100H122N30O5. The van der Waals surface area contributed by atoms with Crippen molar-refractivity contribution in [2.24, 2.45) is 5.92 Å². The summed E-state index contributed by atoms with van der Waals surface area (Å²) in [6, 6.07) is 40.4. The van der Waals surface area contributed by atoms with Crippen LogP contribution in [0.5, 0.6) is 0 Å². The number of rotatable bonds is 30. The third kappa shape index (κ3) is 25.8. The van der Waals surface area contributed by atoms with Crippen LogP contribution in [-0.2, 0) is 33.0 Å². The van der Waals surface area contributed by atoms with Crippen LogP contribution in [0.15, 0.2) is 184 Å². The van der Waals surface area contributed by atoms with Crippen molar-refractivity contribution in [2.45, 2.75) is 221 Å². The van der Waals surface area contributed by atoms with Gasteiger partial charge in [-0.05, 0) is 253 Å².